The Morgan fingerprint density at radius 3 is 2.53 bits per heavy atom. The first-order chi connectivity index (χ1) is 8.06. The van der Waals surface area contributed by atoms with Crippen molar-refractivity contribution >= 4 is 0 Å². The first-order valence-electron chi connectivity index (χ1n) is 7.11. The van der Waals surface area contributed by atoms with E-state index in [0.717, 1.165) is 32.8 Å². The predicted molar refractivity (Wildman–Crippen MR) is 73.3 cm³/mol. The van der Waals surface area contributed by atoms with Gasteiger partial charge in [0.15, 0.2) is 0 Å². The smallest absolute Gasteiger partial charge is 0.0624 e. The summed E-state index contributed by atoms with van der Waals surface area (Å²) in [6, 6.07) is 1.20. The molecule has 0 aromatic heterocycles. The van der Waals surface area contributed by atoms with Crippen LogP contribution in [0, 0.1) is 11.8 Å². The standard InChI is InChI=1S/C14H30N2O/c1-6-17-10-14(12(4)5)16-8-7-15-13(9-16)11(2)3/h11-15H,6-10H2,1-5H3. The van der Waals surface area contributed by atoms with Crippen molar-refractivity contribution in [1.29, 1.82) is 0 Å². The van der Waals surface area contributed by atoms with Gasteiger partial charge >= 0.3 is 0 Å². The van der Waals surface area contributed by atoms with Crippen molar-refractivity contribution in [3.8, 4) is 0 Å². The van der Waals surface area contributed by atoms with Crippen LogP contribution in [-0.4, -0.2) is 49.8 Å². The lowest BCUT2D eigenvalue weighted by Gasteiger charge is -2.41. The molecule has 17 heavy (non-hydrogen) atoms. The summed E-state index contributed by atoms with van der Waals surface area (Å²) < 4.78 is 5.64. The van der Waals surface area contributed by atoms with Crippen LogP contribution in [0.25, 0.3) is 0 Å². The number of nitrogens with zero attached hydrogens (tertiary/aromatic N) is 1. The highest BCUT2D eigenvalue weighted by Crippen LogP contribution is 2.16. The third-order valence-electron chi connectivity index (χ3n) is 3.77. The van der Waals surface area contributed by atoms with Gasteiger partial charge in [-0.1, -0.05) is 27.7 Å². The van der Waals surface area contributed by atoms with Crippen molar-refractivity contribution in [3.63, 3.8) is 0 Å². The molecule has 1 aliphatic heterocycles. The van der Waals surface area contributed by atoms with Gasteiger partial charge in [-0.2, -0.15) is 0 Å². The van der Waals surface area contributed by atoms with E-state index in [-0.39, 0.29) is 0 Å². The van der Waals surface area contributed by atoms with Crippen LogP contribution in [0.4, 0.5) is 0 Å². The molecule has 0 spiro atoms. The van der Waals surface area contributed by atoms with Crippen LogP contribution >= 0.6 is 0 Å². The van der Waals surface area contributed by atoms with Gasteiger partial charge in [-0.3, -0.25) is 4.90 Å². The van der Waals surface area contributed by atoms with Gasteiger partial charge in [0.1, 0.15) is 0 Å². The fraction of sp³-hybridized carbons (Fsp3) is 1.00. The van der Waals surface area contributed by atoms with Crippen LogP contribution in [0.15, 0.2) is 0 Å². The number of rotatable bonds is 6. The molecule has 1 fully saturated rings. The van der Waals surface area contributed by atoms with Crippen molar-refractivity contribution in [3.05, 3.63) is 0 Å². The summed E-state index contributed by atoms with van der Waals surface area (Å²) in [4.78, 5) is 2.61. The van der Waals surface area contributed by atoms with Crippen molar-refractivity contribution in [2.24, 2.45) is 11.8 Å². The van der Waals surface area contributed by atoms with Gasteiger partial charge in [0.05, 0.1) is 6.61 Å². The second kappa shape index (κ2) is 7.34. The highest BCUT2D eigenvalue weighted by Gasteiger charge is 2.28. The molecule has 1 heterocycles. The maximum atomic E-state index is 5.64. The first-order valence-corrected chi connectivity index (χ1v) is 7.11. The highest BCUT2D eigenvalue weighted by molar-refractivity contribution is 4.85. The maximum absolute atomic E-state index is 5.64. The van der Waals surface area contributed by atoms with E-state index >= 15 is 0 Å². The largest absolute Gasteiger partial charge is 0.380 e. The van der Waals surface area contributed by atoms with Crippen LogP contribution in [0.5, 0.6) is 0 Å². The van der Waals surface area contributed by atoms with Crippen LogP contribution in [0.2, 0.25) is 0 Å². The zero-order valence-electron chi connectivity index (χ0n) is 12.2. The van der Waals surface area contributed by atoms with E-state index in [0.29, 0.717) is 23.9 Å². The van der Waals surface area contributed by atoms with Crippen LogP contribution < -0.4 is 5.32 Å². The Labute approximate surface area is 107 Å². The number of hydrogen-bond donors (Lipinski definition) is 1. The van der Waals surface area contributed by atoms with Gasteiger partial charge in [-0.25, -0.2) is 0 Å². The fourth-order valence-electron chi connectivity index (χ4n) is 2.51. The van der Waals surface area contributed by atoms with Gasteiger partial charge in [0.2, 0.25) is 0 Å². The molecule has 0 aromatic rings. The lowest BCUT2D eigenvalue weighted by Crippen LogP contribution is -2.57. The minimum absolute atomic E-state index is 0.568. The van der Waals surface area contributed by atoms with E-state index in [1.165, 1.54) is 0 Å². The molecule has 0 amide bonds. The van der Waals surface area contributed by atoms with Gasteiger partial charge < -0.3 is 10.1 Å². The highest BCUT2D eigenvalue weighted by atomic mass is 16.5. The van der Waals surface area contributed by atoms with E-state index in [1.807, 2.05) is 0 Å². The molecule has 2 unspecified atom stereocenters. The number of ether oxygens (including phenoxy) is 1. The summed E-state index contributed by atoms with van der Waals surface area (Å²) in [7, 11) is 0. The van der Waals surface area contributed by atoms with Crippen LogP contribution in [0.1, 0.15) is 34.6 Å². The van der Waals surface area contributed by atoms with Gasteiger partial charge in [-0.05, 0) is 18.8 Å². The molecule has 102 valence electrons. The average Bonchev–Trinajstić information content (AvgIpc) is 2.29. The number of hydrogen-bond acceptors (Lipinski definition) is 3. The zero-order valence-corrected chi connectivity index (χ0v) is 12.2. The Bertz CT molecular complexity index is 206. The topological polar surface area (TPSA) is 24.5 Å². The van der Waals surface area contributed by atoms with E-state index < -0.39 is 0 Å². The molecule has 1 rings (SSSR count). The van der Waals surface area contributed by atoms with Gasteiger partial charge in [-0.15, -0.1) is 0 Å². The Morgan fingerprint density at radius 1 is 1.29 bits per heavy atom. The minimum atomic E-state index is 0.568. The first kappa shape index (κ1) is 14.9. The van der Waals surface area contributed by atoms with Crippen molar-refractivity contribution in [2.75, 3.05) is 32.8 Å². The van der Waals surface area contributed by atoms with E-state index in [9.17, 15) is 0 Å². The molecule has 0 aliphatic carbocycles. The summed E-state index contributed by atoms with van der Waals surface area (Å²) in [6.07, 6.45) is 0. The third-order valence-corrected chi connectivity index (χ3v) is 3.77. The lowest BCUT2D eigenvalue weighted by molar-refractivity contribution is 0.0253. The molecule has 3 nitrogen and oxygen atoms in total. The van der Waals surface area contributed by atoms with Gasteiger partial charge in [0.25, 0.3) is 0 Å². The average molecular weight is 242 g/mol. The SMILES string of the molecule is CCOCC(C(C)C)N1CCNC(C(C)C)C1. The Balaban J connectivity index is 2.54. The number of piperazine rings is 1. The summed E-state index contributed by atoms with van der Waals surface area (Å²) in [6.45, 7) is 16.4. The number of nitrogens with one attached hydrogen (secondary N) is 1. The molecular formula is C14H30N2O. The maximum Gasteiger partial charge on any atom is 0.0624 e. The van der Waals surface area contributed by atoms with Crippen molar-refractivity contribution in [2.45, 2.75) is 46.7 Å². The summed E-state index contributed by atoms with van der Waals surface area (Å²) >= 11 is 0. The zero-order chi connectivity index (χ0) is 12.8. The summed E-state index contributed by atoms with van der Waals surface area (Å²) in [5.41, 5.74) is 0. The van der Waals surface area contributed by atoms with E-state index in [2.05, 4.69) is 44.8 Å². The van der Waals surface area contributed by atoms with E-state index in [4.69, 9.17) is 4.74 Å². The van der Waals surface area contributed by atoms with E-state index in [1.54, 1.807) is 0 Å². The normalized spacial score (nSPS) is 24.5. The van der Waals surface area contributed by atoms with Crippen molar-refractivity contribution < 1.29 is 4.74 Å². The molecular weight excluding hydrogens is 212 g/mol. The van der Waals surface area contributed by atoms with Crippen LogP contribution in [-0.2, 0) is 4.74 Å². The molecule has 0 radical (unpaired) electrons. The molecule has 2 atom stereocenters. The summed E-state index contributed by atoms with van der Waals surface area (Å²) in [5.74, 6) is 1.37. The quantitative estimate of drug-likeness (QED) is 0.771. The molecule has 3 heteroatoms. The molecule has 0 saturated carbocycles. The Hall–Kier alpha value is -0.120. The Kier molecular flexibility index (Phi) is 6.45. The minimum Gasteiger partial charge on any atom is -0.380 e. The molecule has 1 N–H and O–H groups in total. The third kappa shape index (κ3) is 4.57. The predicted octanol–water partition coefficient (Wildman–Crippen LogP) is 1.98. The summed E-state index contributed by atoms with van der Waals surface area (Å²) in [5, 5.41) is 3.62. The van der Waals surface area contributed by atoms with Crippen molar-refractivity contribution in [1.82, 2.24) is 10.2 Å². The molecule has 0 bridgehead atoms. The second-order valence-electron chi connectivity index (χ2n) is 5.77. The molecule has 0 aromatic carbocycles. The van der Waals surface area contributed by atoms with Crippen LogP contribution in [0.3, 0.4) is 0 Å². The van der Waals surface area contributed by atoms with Gasteiger partial charge in [0, 0.05) is 38.3 Å². The molecule has 1 saturated heterocycles. The molecule has 1 aliphatic rings. The monoisotopic (exact) mass is 242 g/mol. The fourth-order valence-corrected chi connectivity index (χ4v) is 2.51. The second-order valence-corrected chi connectivity index (χ2v) is 5.77. The lowest BCUT2D eigenvalue weighted by atomic mass is 9.97. The Morgan fingerprint density at radius 2 is 2.00 bits per heavy atom.